The number of halogens is 1. The van der Waals surface area contributed by atoms with Crippen molar-refractivity contribution in [1.29, 1.82) is 0 Å². The van der Waals surface area contributed by atoms with Gasteiger partial charge in [-0.2, -0.15) is 0 Å². The number of nitrogens with one attached hydrogen (secondary N) is 1. The fourth-order valence-electron chi connectivity index (χ4n) is 5.01. The normalized spacial score (nSPS) is 20.8. The molecule has 0 spiro atoms. The summed E-state index contributed by atoms with van der Waals surface area (Å²) in [6, 6.07) is 15.6. The Balaban J connectivity index is 1.56. The predicted molar refractivity (Wildman–Crippen MR) is 158 cm³/mol. The van der Waals surface area contributed by atoms with Crippen LogP contribution in [0, 0.1) is 5.92 Å². The number of hydrogen-bond acceptors (Lipinski definition) is 5. The van der Waals surface area contributed by atoms with Crippen LogP contribution in [0.1, 0.15) is 36.5 Å². The first kappa shape index (κ1) is 26.8. The van der Waals surface area contributed by atoms with Crippen LogP contribution in [0.4, 0.5) is 0 Å². The third-order valence-electron chi connectivity index (χ3n) is 6.86. The zero-order valence-corrected chi connectivity index (χ0v) is 23.0. The van der Waals surface area contributed by atoms with E-state index in [-0.39, 0.29) is 5.75 Å². The summed E-state index contributed by atoms with van der Waals surface area (Å²) in [5, 5.41) is 14.0. The summed E-state index contributed by atoms with van der Waals surface area (Å²) in [5.74, 6) is 2.42. The molecule has 1 unspecified atom stereocenters. The number of rotatable bonds is 8. The lowest BCUT2D eigenvalue weighted by Crippen LogP contribution is -2.41. The minimum atomic E-state index is 0.225. The summed E-state index contributed by atoms with van der Waals surface area (Å²) in [7, 11) is 0. The van der Waals surface area contributed by atoms with Gasteiger partial charge in [0.05, 0.1) is 10.2 Å². The topological polar surface area (TPSA) is 77.1 Å². The van der Waals surface area contributed by atoms with Crippen molar-refractivity contribution < 1.29 is 5.11 Å². The van der Waals surface area contributed by atoms with E-state index in [1.165, 1.54) is 5.56 Å². The minimum Gasteiger partial charge on any atom is -0.507 e. The number of amidine groups is 1. The smallest absolute Gasteiger partial charge is 0.131 e. The van der Waals surface area contributed by atoms with Crippen molar-refractivity contribution in [3.8, 4) is 5.75 Å². The Bertz CT molecular complexity index is 1250. The van der Waals surface area contributed by atoms with Crippen molar-refractivity contribution in [1.82, 2.24) is 15.1 Å². The molecule has 2 aromatic carbocycles. The molecule has 1 saturated heterocycles. The third-order valence-corrected chi connectivity index (χ3v) is 7.56. The average molecular weight is 563 g/mol. The highest BCUT2D eigenvalue weighted by molar-refractivity contribution is 9.11. The second-order valence-electron chi connectivity index (χ2n) is 9.47. The summed E-state index contributed by atoms with van der Waals surface area (Å²) in [6.07, 6.45) is 6.09. The van der Waals surface area contributed by atoms with Crippen molar-refractivity contribution in [2.24, 2.45) is 16.6 Å². The molecule has 2 heterocycles. The fourth-order valence-corrected chi connectivity index (χ4v) is 5.33. The first-order valence-corrected chi connectivity index (χ1v) is 13.6. The number of likely N-dealkylation sites (N-methyl/N-ethyl adjacent to an activating group) is 1. The Morgan fingerprint density at radius 1 is 1.24 bits per heavy atom. The molecule has 0 amide bonds. The molecule has 2 aliphatic rings. The van der Waals surface area contributed by atoms with E-state index in [1.54, 1.807) is 12.1 Å². The minimum absolute atomic E-state index is 0.225. The molecular formula is C30H36BrN5O. The molecule has 2 aromatic rings. The van der Waals surface area contributed by atoms with E-state index in [9.17, 15) is 5.11 Å². The molecule has 2 aliphatic heterocycles. The molecule has 6 nitrogen and oxygen atoms in total. The van der Waals surface area contributed by atoms with Gasteiger partial charge >= 0.3 is 0 Å². The van der Waals surface area contributed by atoms with Gasteiger partial charge in [-0.3, -0.25) is 9.89 Å². The van der Waals surface area contributed by atoms with E-state index < -0.39 is 0 Å². The molecule has 0 saturated carbocycles. The maximum Gasteiger partial charge on any atom is 0.131 e. The lowest BCUT2D eigenvalue weighted by Gasteiger charge is -2.35. The van der Waals surface area contributed by atoms with Gasteiger partial charge in [-0.25, -0.2) is 0 Å². The number of phenolic OH excluding ortho intramolecular Hbond substituents is 1. The Labute approximate surface area is 228 Å². The molecule has 37 heavy (non-hydrogen) atoms. The Morgan fingerprint density at radius 2 is 2.00 bits per heavy atom. The Hall–Kier alpha value is -3.29. The number of likely N-dealkylation sites (tertiary alicyclic amines) is 1. The van der Waals surface area contributed by atoms with Crippen molar-refractivity contribution >= 4 is 33.2 Å². The highest BCUT2D eigenvalue weighted by Crippen LogP contribution is 2.30. The van der Waals surface area contributed by atoms with Crippen molar-refractivity contribution in [3.05, 3.63) is 101 Å². The summed E-state index contributed by atoms with van der Waals surface area (Å²) in [5.41, 5.74) is 10.4. The van der Waals surface area contributed by atoms with Crippen LogP contribution in [0.25, 0.3) is 11.4 Å². The van der Waals surface area contributed by atoms with Crippen LogP contribution >= 0.6 is 15.9 Å². The molecular weight excluding hydrogens is 526 g/mol. The SMILES string of the molecule is C=C/C(Br)=C1/NC(c2ccccc2O)=CC(=NCC2CCCN(Cc3ccccc3C(=C)N)C2)N1CC. The van der Waals surface area contributed by atoms with E-state index in [1.807, 2.05) is 36.4 Å². The number of nitrogens with two attached hydrogens (primary N) is 1. The standard InChI is InChI=1S/C30H36BrN5O/c1-4-26(31)30-34-27(25-14-8-9-15-28(25)37)17-29(36(30)5-2)33-18-22-11-10-16-35(19-22)20-23-12-6-7-13-24(23)21(3)32/h4,6-9,12-15,17,22,34,37H,1,3,5,10-11,16,18-20,32H2,2H3/b30-26+,33-29?. The fraction of sp³-hybridized carbons (Fsp3) is 0.300. The van der Waals surface area contributed by atoms with E-state index in [4.69, 9.17) is 10.7 Å². The molecule has 0 aromatic heterocycles. The van der Waals surface area contributed by atoms with Crippen molar-refractivity contribution in [2.45, 2.75) is 26.3 Å². The lowest BCUT2D eigenvalue weighted by atomic mass is 9.96. The molecule has 194 valence electrons. The monoisotopic (exact) mass is 561 g/mol. The first-order chi connectivity index (χ1) is 17.9. The highest BCUT2D eigenvalue weighted by atomic mass is 79.9. The molecule has 0 aliphatic carbocycles. The third kappa shape index (κ3) is 6.35. The molecule has 1 fully saturated rings. The zero-order valence-electron chi connectivity index (χ0n) is 21.5. The molecule has 0 radical (unpaired) electrons. The van der Waals surface area contributed by atoms with Gasteiger partial charge < -0.3 is 21.1 Å². The van der Waals surface area contributed by atoms with Gasteiger partial charge in [0, 0.05) is 49.1 Å². The maximum atomic E-state index is 10.5. The average Bonchev–Trinajstić information content (AvgIpc) is 2.91. The predicted octanol–water partition coefficient (Wildman–Crippen LogP) is 5.65. The van der Waals surface area contributed by atoms with Crippen LogP contribution in [0.5, 0.6) is 5.75 Å². The summed E-state index contributed by atoms with van der Waals surface area (Å²) < 4.78 is 0.840. The lowest BCUT2D eigenvalue weighted by molar-refractivity contribution is 0.171. The van der Waals surface area contributed by atoms with Gasteiger partial charge in [-0.1, -0.05) is 55.6 Å². The van der Waals surface area contributed by atoms with E-state index in [0.29, 0.717) is 11.6 Å². The summed E-state index contributed by atoms with van der Waals surface area (Å²) in [4.78, 5) is 9.75. The van der Waals surface area contributed by atoms with Gasteiger partial charge in [-0.15, -0.1) is 0 Å². The van der Waals surface area contributed by atoms with Crippen LogP contribution in [-0.2, 0) is 6.54 Å². The zero-order chi connectivity index (χ0) is 26.4. The van der Waals surface area contributed by atoms with Gasteiger partial charge in [0.25, 0.3) is 0 Å². The van der Waals surface area contributed by atoms with Crippen LogP contribution < -0.4 is 11.1 Å². The first-order valence-electron chi connectivity index (χ1n) is 12.8. The summed E-state index contributed by atoms with van der Waals surface area (Å²) in [6.45, 7) is 14.4. The number of aliphatic imine (C=N–C) groups is 1. The van der Waals surface area contributed by atoms with Crippen LogP contribution in [0.15, 0.2) is 89.1 Å². The van der Waals surface area contributed by atoms with Crippen LogP contribution in [0.2, 0.25) is 0 Å². The van der Waals surface area contributed by atoms with Gasteiger partial charge in [0.2, 0.25) is 0 Å². The number of piperidine rings is 1. The largest absolute Gasteiger partial charge is 0.507 e. The van der Waals surface area contributed by atoms with E-state index >= 15 is 0 Å². The number of benzene rings is 2. The molecule has 1 atom stereocenters. The second-order valence-corrected chi connectivity index (χ2v) is 10.3. The second kappa shape index (κ2) is 12.3. The Morgan fingerprint density at radius 3 is 2.73 bits per heavy atom. The molecule has 4 N–H and O–H groups in total. The van der Waals surface area contributed by atoms with Crippen molar-refractivity contribution in [2.75, 3.05) is 26.2 Å². The van der Waals surface area contributed by atoms with Crippen LogP contribution in [-0.4, -0.2) is 46.9 Å². The molecule has 0 bridgehead atoms. The number of hydrogen-bond donors (Lipinski definition) is 3. The number of aromatic hydroxyl groups is 1. The van der Waals surface area contributed by atoms with Gasteiger partial charge in [0.1, 0.15) is 17.4 Å². The number of nitrogens with zero attached hydrogens (tertiary/aromatic N) is 3. The van der Waals surface area contributed by atoms with Crippen molar-refractivity contribution in [3.63, 3.8) is 0 Å². The van der Waals surface area contributed by atoms with Crippen LogP contribution in [0.3, 0.4) is 0 Å². The number of phenols is 1. The van der Waals surface area contributed by atoms with Gasteiger partial charge in [0.15, 0.2) is 0 Å². The van der Waals surface area contributed by atoms with E-state index in [0.717, 1.165) is 78.5 Å². The van der Waals surface area contributed by atoms with Gasteiger partial charge in [-0.05, 0) is 65.9 Å². The number of para-hydroxylation sites is 1. The van der Waals surface area contributed by atoms with E-state index in [2.05, 4.69) is 63.3 Å². The maximum absolute atomic E-state index is 10.5. The molecule has 7 heteroatoms. The quantitative estimate of drug-likeness (QED) is 0.388. The molecule has 4 rings (SSSR count). The highest BCUT2D eigenvalue weighted by Gasteiger charge is 2.26. The summed E-state index contributed by atoms with van der Waals surface area (Å²) >= 11 is 3.64. The number of allylic oxidation sites excluding steroid dienone is 2. The Kier molecular flexibility index (Phi) is 8.90.